The average molecular weight is 658 g/mol. The summed E-state index contributed by atoms with van der Waals surface area (Å²) < 4.78 is 35.6. The third-order valence-electron chi connectivity index (χ3n) is 7.65. The number of pyridine rings is 1. The van der Waals surface area contributed by atoms with Gasteiger partial charge in [0.05, 0.1) is 12.0 Å². The highest BCUT2D eigenvalue weighted by Crippen LogP contribution is 2.37. The van der Waals surface area contributed by atoms with Crippen molar-refractivity contribution in [3.05, 3.63) is 61.2 Å². The maximum Gasteiger partial charge on any atom is 0.415 e. The molecule has 4 heterocycles. The molecule has 2 aliphatic rings. The van der Waals surface area contributed by atoms with Crippen molar-refractivity contribution in [2.75, 3.05) is 41.1 Å². The van der Waals surface area contributed by atoms with Gasteiger partial charge in [-0.3, -0.25) is 10.1 Å². The second kappa shape index (κ2) is 12.3. The van der Waals surface area contributed by atoms with Crippen LogP contribution in [0.4, 0.5) is 16.3 Å². The number of aromatic nitrogens is 3. The molecule has 2 fully saturated rings. The predicted molar refractivity (Wildman–Crippen MR) is 168 cm³/mol. The van der Waals surface area contributed by atoms with Gasteiger partial charge >= 0.3 is 12.1 Å². The Labute approximate surface area is 265 Å². The number of amides is 1. The van der Waals surface area contributed by atoms with Crippen molar-refractivity contribution in [3.63, 3.8) is 0 Å². The van der Waals surface area contributed by atoms with Crippen molar-refractivity contribution >= 4 is 51.1 Å². The minimum absolute atomic E-state index is 0.115. The molecule has 0 unspecified atom stereocenters. The SMILES string of the molecule is Cn1cnc(S(=O)(=O)N(c2ccc(OC(=O)N3CCN(c4ccccn4)CC3)cc2)[C@@](C)(C(=O)O)C(=O)[C@H]2NC(C)(C)CS2)c1. The number of aryl methyl sites for hydroxylation is 1. The number of anilines is 2. The third-order valence-corrected chi connectivity index (χ3v) is 11.0. The Hall–Kier alpha value is -4.15. The van der Waals surface area contributed by atoms with Crippen molar-refractivity contribution in [2.24, 2.45) is 7.05 Å². The van der Waals surface area contributed by atoms with Gasteiger partial charge in [0.25, 0.3) is 10.0 Å². The quantitative estimate of drug-likeness (QED) is 0.323. The minimum Gasteiger partial charge on any atom is -0.479 e. The number of piperazine rings is 1. The molecule has 2 aliphatic heterocycles. The number of imidazole rings is 1. The maximum atomic E-state index is 14.0. The molecule has 14 nitrogen and oxygen atoms in total. The summed E-state index contributed by atoms with van der Waals surface area (Å²) in [6.45, 7) is 6.77. The van der Waals surface area contributed by atoms with E-state index in [1.54, 1.807) is 18.1 Å². The summed E-state index contributed by atoms with van der Waals surface area (Å²) in [5, 5.41) is 12.2. The van der Waals surface area contributed by atoms with Crippen LogP contribution >= 0.6 is 11.8 Å². The molecule has 0 spiro atoms. The molecule has 0 bridgehead atoms. The highest BCUT2D eigenvalue weighted by molar-refractivity contribution is 8.01. The summed E-state index contributed by atoms with van der Waals surface area (Å²) in [5.74, 6) is -1.04. The standard InChI is InChI=1S/C29H35N7O7S2/c1-28(2)18-44-25(32-28)24(37)29(3,26(38)39)36(45(41,42)23-17-33(4)19-31-23)20-8-10-21(11-9-20)43-27(40)35-15-13-34(14-16-35)22-7-5-6-12-30-22/h5-12,17,19,25,32H,13-16,18H2,1-4H3,(H,38,39)/t25-,29+/m0/s1. The molecule has 0 radical (unpaired) electrons. The predicted octanol–water partition coefficient (Wildman–Crippen LogP) is 2.18. The van der Waals surface area contributed by atoms with Gasteiger partial charge in [-0.2, -0.15) is 8.42 Å². The molecule has 3 aromatic rings. The van der Waals surface area contributed by atoms with Crippen LogP contribution in [0.1, 0.15) is 20.8 Å². The van der Waals surface area contributed by atoms with Crippen LogP contribution in [-0.4, -0.2) is 99.2 Å². The van der Waals surface area contributed by atoms with E-state index in [1.165, 1.54) is 53.1 Å². The Bertz CT molecular complexity index is 1670. The molecule has 2 aromatic heterocycles. The van der Waals surface area contributed by atoms with E-state index >= 15 is 0 Å². The van der Waals surface area contributed by atoms with Crippen LogP contribution in [0.2, 0.25) is 0 Å². The van der Waals surface area contributed by atoms with Crippen LogP contribution in [0.5, 0.6) is 5.75 Å². The lowest BCUT2D eigenvalue weighted by Gasteiger charge is -2.38. The number of carbonyl (C=O) groups is 3. The highest BCUT2D eigenvalue weighted by atomic mass is 32.2. The summed E-state index contributed by atoms with van der Waals surface area (Å²) in [4.78, 5) is 51.7. The molecule has 5 rings (SSSR count). The van der Waals surface area contributed by atoms with E-state index in [2.05, 4.69) is 20.2 Å². The normalized spacial score (nSPS) is 19.5. The van der Waals surface area contributed by atoms with Gasteiger partial charge < -0.3 is 24.2 Å². The zero-order valence-corrected chi connectivity index (χ0v) is 26.9. The fourth-order valence-electron chi connectivity index (χ4n) is 5.15. The number of aliphatic carboxylic acids is 1. The van der Waals surface area contributed by atoms with Gasteiger partial charge in [0.2, 0.25) is 5.54 Å². The molecular formula is C29H35N7O7S2. The molecule has 2 N–H and O–H groups in total. The Balaban J connectivity index is 1.40. The summed E-state index contributed by atoms with van der Waals surface area (Å²) in [5.41, 5.74) is -3.15. The van der Waals surface area contributed by atoms with E-state index in [0.717, 1.165) is 12.7 Å². The zero-order valence-electron chi connectivity index (χ0n) is 25.3. The number of rotatable bonds is 9. The monoisotopic (exact) mass is 657 g/mol. The Morgan fingerprint density at radius 3 is 2.31 bits per heavy atom. The molecule has 240 valence electrons. The lowest BCUT2D eigenvalue weighted by molar-refractivity contribution is -0.147. The van der Waals surface area contributed by atoms with Crippen LogP contribution in [0.15, 0.2) is 66.2 Å². The number of carboxylic acid groups (broad SMARTS) is 1. The number of carboxylic acids is 1. The van der Waals surface area contributed by atoms with E-state index in [1.807, 2.05) is 32.0 Å². The lowest BCUT2D eigenvalue weighted by atomic mass is 9.94. The molecule has 0 aliphatic carbocycles. The molecule has 2 saturated heterocycles. The van der Waals surface area contributed by atoms with Gasteiger partial charge in [0, 0.05) is 56.9 Å². The van der Waals surface area contributed by atoms with Crippen molar-refractivity contribution < 1.29 is 32.6 Å². The molecule has 1 aromatic carbocycles. The van der Waals surface area contributed by atoms with E-state index in [9.17, 15) is 27.9 Å². The van der Waals surface area contributed by atoms with E-state index in [-0.39, 0.29) is 11.4 Å². The van der Waals surface area contributed by atoms with Gasteiger partial charge in [-0.25, -0.2) is 23.9 Å². The number of benzene rings is 1. The summed E-state index contributed by atoms with van der Waals surface area (Å²) in [6, 6.07) is 11.0. The number of nitrogens with one attached hydrogen (secondary N) is 1. The molecular weight excluding hydrogens is 622 g/mol. The first kappa shape index (κ1) is 32.2. The number of nitrogens with zero attached hydrogens (tertiary/aromatic N) is 6. The summed E-state index contributed by atoms with van der Waals surface area (Å²) >= 11 is 1.21. The number of thioether (sulfide) groups is 1. The van der Waals surface area contributed by atoms with Crippen LogP contribution in [0.3, 0.4) is 0 Å². The molecule has 45 heavy (non-hydrogen) atoms. The number of ketones is 1. The first-order chi connectivity index (χ1) is 21.2. The Kier molecular flexibility index (Phi) is 8.83. The smallest absolute Gasteiger partial charge is 0.415 e. The first-order valence-corrected chi connectivity index (χ1v) is 16.6. The highest BCUT2D eigenvalue weighted by Gasteiger charge is 2.56. The van der Waals surface area contributed by atoms with Crippen molar-refractivity contribution in [1.82, 2.24) is 24.8 Å². The average Bonchev–Trinajstić information content (AvgIpc) is 3.63. The fraction of sp³-hybridized carbons (Fsp3) is 0.414. The van der Waals surface area contributed by atoms with Crippen LogP contribution in [0, 0.1) is 0 Å². The number of ether oxygens (including phenoxy) is 1. The minimum atomic E-state index is -4.68. The molecule has 1 amide bonds. The largest absolute Gasteiger partial charge is 0.479 e. The fourth-order valence-corrected chi connectivity index (χ4v) is 8.31. The van der Waals surface area contributed by atoms with E-state index in [4.69, 9.17) is 4.74 Å². The van der Waals surface area contributed by atoms with Crippen LogP contribution < -0.4 is 19.3 Å². The van der Waals surface area contributed by atoms with Gasteiger partial charge in [-0.15, -0.1) is 11.8 Å². The number of carbonyl (C=O) groups excluding carboxylic acids is 2. The second-order valence-electron chi connectivity index (χ2n) is 11.6. The Morgan fingerprint density at radius 1 is 1.09 bits per heavy atom. The second-order valence-corrected chi connectivity index (χ2v) is 14.5. The van der Waals surface area contributed by atoms with Crippen LogP contribution in [0.25, 0.3) is 0 Å². The maximum absolute atomic E-state index is 14.0. The Morgan fingerprint density at radius 2 is 1.78 bits per heavy atom. The van der Waals surface area contributed by atoms with Gasteiger partial charge in [-0.05, 0) is 57.2 Å². The van der Waals surface area contributed by atoms with Gasteiger partial charge in [-0.1, -0.05) is 6.07 Å². The van der Waals surface area contributed by atoms with Crippen molar-refractivity contribution in [3.8, 4) is 5.75 Å². The number of hydrogen-bond acceptors (Lipinski definition) is 11. The van der Waals surface area contributed by atoms with Crippen LogP contribution in [-0.2, 0) is 26.7 Å². The molecule has 0 saturated carbocycles. The number of sulfonamides is 1. The lowest BCUT2D eigenvalue weighted by Crippen LogP contribution is -2.64. The van der Waals surface area contributed by atoms with Gasteiger partial charge in [0.15, 0.2) is 10.8 Å². The molecule has 16 heteroatoms. The zero-order chi connectivity index (χ0) is 32.6. The summed E-state index contributed by atoms with van der Waals surface area (Å²) in [7, 11) is -3.11. The number of hydrogen-bond donors (Lipinski definition) is 2. The number of Topliss-reactive ketones (excluding diaryl/α,β-unsaturated/α-hetero) is 1. The van der Waals surface area contributed by atoms with Gasteiger partial charge in [0.1, 0.15) is 16.9 Å². The third kappa shape index (κ3) is 6.48. The molecule has 2 atom stereocenters. The van der Waals surface area contributed by atoms with Crippen molar-refractivity contribution in [1.29, 1.82) is 0 Å². The van der Waals surface area contributed by atoms with Crippen molar-refractivity contribution in [2.45, 2.75) is 42.2 Å². The summed E-state index contributed by atoms with van der Waals surface area (Å²) in [6.07, 6.45) is 3.62. The van der Waals surface area contributed by atoms with E-state index < -0.39 is 49.3 Å². The topological polar surface area (TPSA) is 167 Å². The first-order valence-electron chi connectivity index (χ1n) is 14.2. The van der Waals surface area contributed by atoms with E-state index in [0.29, 0.717) is 36.2 Å².